The summed E-state index contributed by atoms with van der Waals surface area (Å²) in [6.07, 6.45) is 1.79. The van der Waals surface area contributed by atoms with Gasteiger partial charge in [0, 0.05) is 12.1 Å². The topological polar surface area (TPSA) is 38.0 Å². The van der Waals surface area contributed by atoms with Gasteiger partial charge in [-0.2, -0.15) is 0 Å². The maximum Gasteiger partial charge on any atom is 0.177 e. The minimum Gasteiger partial charge on any atom is -0.508 e. The summed E-state index contributed by atoms with van der Waals surface area (Å²) < 4.78 is 2.85. The van der Waals surface area contributed by atoms with Gasteiger partial charge in [-0.3, -0.25) is 0 Å². The largest absolute Gasteiger partial charge is 0.508 e. The zero-order valence-corrected chi connectivity index (χ0v) is 9.90. The summed E-state index contributed by atoms with van der Waals surface area (Å²) in [5, 5.41) is 9.40. The third-order valence-corrected chi connectivity index (χ3v) is 2.90. The number of phenols is 1. The van der Waals surface area contributed by atoms with Crippen LogP contribution in [0.1, 0.15) is 6.92 Å². The Balaban J connectivity index is 2.54. The van der Waals surface area contributed by atoms with Gasteiger partial charge in [-0.25, -0.2) is 4.98 Å². The van der Waals surface area contributed by atoms with Crippen molar-refractivity contribution < 1.29 is 5.11 Å². The number of nitrogens with zero attached hydrogens (tertiary/aromatic N) is 2. The average molecular weight is 267 g/mol. The van der Waals surface area contributed by atoms with Gasteiger partial charge in [0.2, 0.25) is 0 Å². The van der Waals surface area contributed by atoms with E-state index in [1.54, 1.807) is 18.3 Å². The summed E-state index contributed by atoms with van der Waals surface area (Å²) in [4.78, 5) is 4.19. The van der Waals surface area contributed by atoms with Crippen molar-refractivity contribution in [2.24, 2.45) is 0 Å². The molecule has 0 aliphatic rings. The maximum absolute atomic E-state index is 9.40. The molecule has 0 bridgehead atoms. The molecule has 3 nitrogen and oxygen atoms in total. The minimum atomic E-state index is 0.271. The Morgan fingerprint density at radius 2 is 2.27 bits per heavy atom. The summed E-state index contributed by atoms with van der Waals surface area (Å²) in [5.74, 6) is 0.271. The lowest BCUT2D eigenvalue weighted by Crippen LogP contribution is -1.96. The van der Waals surface area contributed by atoms with Gasteiger partial charge in [0.25, 0.3) is 0 Å². The lowest BCUT2D eigenvalue weighted by atomic mass is 10.1. The molecule has 0 fully saturated rings. The monoisotopic (exact) mass is 266 g/mol. The molecule has 4 heteroatoms. The first-order valence-electron chi connectivity index (χ1n) is 4.72. The van der Waals surface area contributed by atoms with E-state index in [4.69, 9.17) is 0 Å². The van der Waals surface area contributed by atoms with E-state index in [9.17, 15) is 5.11 Å². The normalized spacial score (nSPS) is 10.5. The van der Waals surface area contributed by atoms with Crippen LogP contribution in [0.5, 0.6) is 5.75 Å². The summed E-state index contributed by atoms with van der Waals surface area (Å²) in [5.41, 5.74) is 1.97. The van der Waals surface area contributed by atoms with Gasteiger partial charge in [-0.1, -0.05) is 12.1 Å². The van der Waals surface area contributed by atoms with Crippen LogP contribution in [-0.4, -0.2) is 14.7 Å². The van der Waals surface area contributed by atoms with E-state index in [1.807, 2.05) is 16.7 Å². The van der Waals surface area contributed by atoms with Crippen molar-refractivity contribution in [3.05, 3.63) is 35.2 Å². The first-order chi connectivity index (χ1) is 7.22. The van der Waals surface area contributed by atoms with Crippen molar-refractivity contribution in [2.75, 3.05) is 0 Å². The van der Waals surface area contributed by atoms with Crippen LogP contribution in [0.25, 0.3) is 11.3 Å². The van der Waals surface area contributed by atoms with E-state index in [0.717, 1.165) is 22.5 Å². The maximum atomic E-state index is 9.40. The Kier molecular flexibility index (Phi) is 2.77. The highest BCUT2D eigenvalue weighted by Crippen LogP contribution is 2.25. The molecule has 78 valence electrons. The Morgan fingerprint density at radius 3 is 2.93 bits per heavy atom. The highest BCUT2D eigenvalue weighted by molar-refractivity contribution is 9.10. The second-order valence-corrected chi connectivity index (χ2v) is 3.92. The number of rotatable bonds is 2. The van der Waals surface area contributed by atoms with Gasteiger partial charge in [0.15, 0.2) is 4.73 Å². The molecule has 1 heterocycles. The lowest BCUT2D eigenvalue weighted by Gasteiger charge is -2.06. The van der Waals surface area contributed by atoms with Crippen molar-refractivity contribution in [3.63, 3.8) is 0 Å². The Morgan fingerprint density at radius 1 is 1.47 bits per heavy atom. The molecule has 0 radical (unpaired) electrons. The SMILES string of the molecule is CCn1c(-c2cccc(O)c2)cnc1Br. The molecule has 0 spiro atoms. The average Bonchev–Trinajstić information content (AvgIpc) is 2.59. The van der Waals surface area contributed by atoms with Crippen LogP contribution in [0.4, 0.5) is 0 Å². The summed E-state index contributed by atoms with van der Waals surface area (Å²) in [6, 6.07) is 7.17. The van der Waals surface area contributed by atoms with Crippen molar-refractivity contribution >= 4 is 15.9 Å². The number of imidazole rings is 1. The molecule has 1 aromatic heterocycles. The zero-order chi connectivity index (χ0) is 10.8. The van der Waals surface area contributed by atoms with E-state index < -0.39 is 0 Å². The molecule has 0 aliphatic carbocycles. The summed E-state index contributed by atoms with van der Waals surface area (Å²) >= 11 is 3.38. The number of hydrogen-bond acceptors (Lipinski definition) is 2. The van der Waals surface area contributed by atoms with E-state index in [-0.39, 0.29) is 5.75 Å². The number of benzene rings is 1. The Labute approximate surface area is 96.5 Å². The van der Waals surface area contributed by atoms with Crippen LogP contribution in [0.15, 0.2) is 35.2 Å². The van der Waals surface area contributed by atoms with Gasteiger partial charge < -0.3 is 9.67 Å². The van der Waals surface area contributed by atoms with Crippen molar-refractivity contribution in [1.82, 2.24) is 9.55 Å². The Hall–Kier alpha value is -1.29. The quantitative estimate of drug-likeness (QED) is 0.908. The van der Waals surface area contributed by atoms with Gasteiger partial charge >= 0.3 is 0 Å². The second kappa shape index (κ2) is 4.06. The van der Waals surface area contributed by atoms with Gasteiger partial charge in [-0.15, -0.1) is 0 Å². The highest BCUT2D eigenvalue weighted by Gasteiger charge is 2.08. The molecule has 0 aliphatic heterocycles. The zero-order valence-electron chi connectivity index (χ0n) is 8.31. The fourth-order valence-corrected chi connectivity index (χ4v) is 2.09. The number of halogens is 1. The molecule has 2 rings (SSSR count). The van der Waals surface area contributed by atoms with E-state index in [1.165, 1.54) is 0 Å². The van der Waals surface area contributed by atoms with Crippen molar-refractivity contribution in [1.29, 1.82) is 0 Å². The predicted molar refractivity (Wildman–Crippen MR) is 62.7 cm³/mol. The molecule has 15 heavy (non-hydrogen) atoms. The molecule has 0 unspecified atom stereocenters. The molecule has 0 saturated carbocycles. The highest BCUT2D eigenvalue weighted by atomic mass is 79.9. The van der Waals surface area contributed by atoms with Gasteiger partial charge in [0.1, 0.15) is 5.75 Å². The molecule has 0 saturated heterocycles. The van der Waals surface area contributed by atoms with Gasteiger partial charge in [0.05, 0.1) is 11.9 Å². The minimum absolute atomic E-state index is 0.271. The molecule has 1 aromatic carbocycles. The van der Waals surface area contributed by atoms with E-state index in [0.29, 0.717) is 0 Å². The summed E-state index contributed by atoms with van der Waals surface area (Å²) in [6.45, 7) is 2.89. The molecular weight excluding hydrogens is 256 g/mol. The third kappa shape index (κ3) is 1.90. The van der Waals surface area contributed by atoms with Gasteiger partial charge in [-0.05, 0) is 35.0 Å². The molecular formula is C11H11BrN2O. The van der Waals surface area contributed by atoms with Crippen LogP contribution < -0.4 is 0 Å². The van der Waals surface area contributed by atoms with Crippen LogP contribution >= 0.6 is 15.9 Å². The smallest absolute Gasteiger partial charge is 0.177 e. The van der Waals surface area contributed by atoms with E-state index >= 15 is 0 Å². The fourth-order valence-electron chi connectivity index (χ4n) is 1.55. The fraction of sp³-hybridized carbons (Fsp3) is 0.182. The number of phenolic OH excluding ortho intramolecular Hbond substituents is 1. The van der Waals surface area contributed by atoms with Crippen molar-refractivity contribution in [3.8, 4) is 17.0 Å². The molecule has 1 N–H and O–H groups in total. The molecule has 0 amide bonds. The lowest BCUT2D eigenvalue weighted by molar-refractivity contribution is 0.475. The number of hydrogen-bond donors (Lipinski definition) is 1. The third-order valence-electron chi connectivity index (χ3n) is 2.27. The van der Waals surface area contributed by atoms with Crippen molar-refractivity contribution in [2.45, 2.75) is 13.5 Å². The summed E-state index contributed by atoms with van der Waals surface area (Å²) in [7, 11) is 0. The first kappa shape index (κ1) is 10.2. The van der Waals surface area contributed by atoms with Crippen LogP contribution in [-0.2, 0) is 6.54 Å². The number of aromatic hydroxyl groups is 1. The number of aromatic nitrogens is 2. The molecule has 2 aromatic rings. The van der Waals surface area contributed by atoms with E-state index in [2.05, 4.69) is 27.8 Å². The molecule has 0 atom stereocenters. The van der Waals surface area contributed by atoms with Crippen LogP contribution in [0.2, 0.25) is 0 Å². The first-order valence-corrected chi connectivity index (χ1v) is 5.52. The standard InChI is InChI=1S/C11H11BrN2O/c1-2-14-10(7-13-11(14)12)8-4-3-5-9(15)6-8/h3-7,15H,2H2,1H3. The Bertz CT molecular complexity index is 479. The predicted octanol–water partition coefficient (Wildman–Crippen LogP) is 3.04. The van der Waals surface area contributed by atoms with Crippen LogP contribution in [0.3, 0.4) is 0 Å². The second-order valence-electron chi connectivity index (χ2n) is 3.21. The van der Waals surface area contributed by atoms with Crippen LogP contribution in [0, 0.1) is 0 Å².